The van der Waals surface area contributed by atoms with Crippen LogP contribution in [-0.4, -0.2) is 49.5 Å². The van der Waals surface area contributed by atoms with E-state index in [4.69, 9.17) is 9.47 Å². The Bertz CT molecular complexity index is 827. The van der Waals surface area contributed by atoms with E-state index in [1.807, 2.05) is 13.8 Å². The molecule has 2 aromatic carbocycles. The van der Waals surface area contributed by atoms with Gasteiger partial charge in [0.25, 0.3) is 11.8 Å². The van der Waals surface area contributed by atoms with Gasteiger partial charge in [0.15, 0.2) is 6.61 Å². The zero-order valence-electron chi connectivity index (χ0n) is 16.4. The zero-order chi connectivity index (χ0) is 20.7. The number of ether oxygens (including phenoxy) is 2. The van der Waals surface area contributed by atoms with Gasteiger partial charge in [0.05, 0.1) is 11.7 Å². The molecular weight excluding hydrogens is 360 g/mol. The van der Waals surface area contributed by atoms with E-state index in [0.717, 1.165) is 0 Å². The molecule has 0 atom stereocenters. The van der Waals surface area contributed by atoms with Gasteiger partial charge in [0, 0.05) is 25.3 Å². The van der Waals surface area contributed by atoms with Crippen molar-refractivity contribution in [3.8, 4) is 5.75 Å². The van der Waals surface area contributed by atoms with Crippen LogP contribution in [-0.2, 0) is 9.53 Å². The summed E-state index contributed by atoms with van der Waals surface area (Å²) in [5, 5.41) is 2.61. The van der Waals surface area contributed by atoms with Crippen molar-refractivity contribution in [1.82, 2.24) is 4.90 Å². The Balaban J connectivity index is 1.84. The lowest BCUT2D eigenvalue weighted by Crippen LogP contribution is -2.22. The lowest BCUT2D eigenvalue weighted by atomic mass is 10.2. The first-order valence-electron chi connectivity index (χ1n) is 8.81. The summed E-state index contributed by atoms with van der Waals surface area (Å²) in [5.74, 6) is -0.546. The van der Waals surface area contributed by atoms with Crippen LogP contribution in [0.25, 0.3) is 0 Å². The molecule has 0 saturated heterocycles. The molecule has 0 aliphatic carbocycles. The Kier molecular flexibility index (Phi) is 7.14. The van der Waals surface area contributed by atoms with Crippen LogP contribution in [0.4, 0.5) is 5.69 Å². The molecule has 0 fully saturated rings. The topological polar surface area (TPSA) is 84.9 Å². The third-order valence-corrected chi connectivity index (χ3v) is 3.62. The van der Waals surface area contributed by atoms with Gasteiger partial charge in [-0.25, -0.2) is 4.79 Å². The highest BCUT2D eigenvalue weighted by Crippen LogP contribution is 2.15. The van der Waals surface area contributed by atoms with Crippen LogP contribution in [0.3, 0.4) is 0 Å². The molecule has 28 heavy (non-hydrogen) atoms. The Labute approximate surface area is 164 Å². The van der Waals surface area contributed by atoms with E-state index in [1.54, 1.807) is 62.6 Å². The summed E-state index contributed by atoms with van der Waals surface area (Å²) in [7, 11) is 3.33. The summed E-state index contributed by atoms with van der Waals surface area (Å²) < 4.78 is 10.5. The number of hydrogen-bond donors (Lipinski definition) is 1. The van der Waals surface area contributed by atoms with Crippen LogP contribution < -0.4 is 10.1 Å². The second-order valence-corrected chi connectivity index (χ2v) is 6.59. The average molecular weight is 384 g/mol. The highest BCUT2D eigenvalue weighted by atomic mass is 16.5. The number of carbonyl (C=O) groups excluding carboxylic acids is 3. The van der Waals surface area contributed by atoms with Crippen LogP contribution in [0, 0.1) is 0 Å². The summed E-state index contributed by atoms with van der Waals surface area (Å²) in [4.78, 5) is 37.3. The number of hydrogen-bond acceptors (Lipinski definition) is 5. The zero-order valence-corrected chi connectivity index (χ0v) is 16.4. The predicted octanol–water partition coefficient (Wildman–Crippen LogP) is 2.97. The van der Waals surface area contributed by atoms with Crippen LogP contribution in [0.15, 0.2) is 48.5 Å². The maximum Gasteiger partial charge on any atom is 0.338 e. The molecule has 2 amide bonds. The minimum atomic E-state index is -0.599. The second-order valence-electron chi connectivity index (χ2n) is 6.59. The van der Waals surface area contributed by atoms with Gasteiger partial charge < -0.3 is 19.7 Å². The van der Waals surface area contributed by atoms with Crippen molar-refractivity contribution in [2.24, 2.45) is 0 Å². The molecule has 1 N–H and O–H groups in total. The molecule has 2 aromatic rings. The van der Waals surface area contributed by atoms with E-state index >= 15 is 0 Å². The molecule has 0 aliphatic rings. The molecule has 0 aromatic heterocycles. The van der Waals surface area contributed by atoms with Gasteiger partial charge in [-0.3, -0.25) is 9.59 Å². The molecule has 0 saturated carbocycles. The smallest absolute Gasteiger partial charge is 0.338 e. The largest absolute Gasteiger partial charge is 0.491 e. The molecule has 0 heterocycles. The maximum absolute atomic E-state index is 12.0. The monoisotopic (exact) mass is 384 g/mol. The summed E-state index contributed by atoms with van der Waals surface area (Å²) in [6.45, 7) is 3.41. The highest BCUT2D eigenvalue weighted by molar-refractivity contribution is 5.97. The molecular formula is C21H24N2O5. The average Bonchev–Trinajstić information content (AvgIpc) is 2.66. The third-order valence-electron chi connectivity index (χ3n) is 3.62. The first-order chi connectivity index (χ1) is 13.3. The SMILES string of the molecule is CC(C)Oc1ccc(C(=O)OCC(=O)Nc2ccc(C(=O)N(C)C)cc2)cc1. The number of amides is 2. The number of esters is 1. The Hall–Kier alpha value is -3.35. The van der Waals surface area contributed by atoms with Crippen molar-refractivity contribution in [3.05, 3.63) is 59.7 Å². The van der Waals surface area contributed by atoms with Crippen molar-refractivity contribution in [2.45, 2.75) is 20.0 Å². The van der Waals surface area contributed by atoms with Gasteiger partial charge in [0.1, 0.15) is 5.75 Å². The van der Waals surface area contributed by atoms with Gasteiger partial charge in [-0.15, -0.1) is 0 Å². The van der Waals surface area contributed by atoms with E-state index in [2.05, 4.69) is 5.32 Å². The fourth-order valence-electron chi connectivity index (χ4n) is 2.31. The lowest BCUT2D eigenvalue weighted by molar-refractivity contribution is -0.119. The van der Waals surface area contributed by atoms with Crippen LogP contribution in [0.1, 0.15) is 34.6 Å². The van der Waals surface area contributed by atoms with Crippen molar-refractivity contribution in [3.63, 3.8) is 0 Å². The van der Waals surface area contributed by atoms with Crippen molar-refractivity contribution in [1.29, 1.82) is 0 Å². The van der Waals surface area contributed by atoms with Crippen LogP contribution in [0.5, 0.6) is 5.75 Å². The van der Waals surface area contributed by atoms with Gasteiger partial charge in [0.2, 0.25) is 0 Å². The fourth-order valence-corrected chi connectivity index (χ4v) is 2.31. The standard InChI is InChI=1S/C21H24N2O5/c1-14(2)28-18-11-7-16(8-12-18)21(26)27-13-19(24)22-17-9-5-15(6-10-17)20(25)23(3)4/h5-12,14H,13H2,1-4H3,(H,22,24). The molecule has 0 bridgehead atoms. The molecule has 0 radical (unpaired) electrons. The van der Waals surface area contributed by atoms with Crippen molar-refractivity contribution >= 4 is 23.5 Å². The van der Waals surface area contributed by atoms with E-state index in [-0.39, 0.29) is 12.0 Å². The van der Waals surface area contributed by atoms with Gasteiger partial charge >= 0.3 is 5.97 Å². The molecule has 2 rings (SSSR count). The highest BCUT2D eigenvalue weighted by Gasteiger charge is 2.12. The Morgan fingerprint density at radius 2 is 1.50 bits per heavy atom. The normalized spacial score (nSPS) is 10.3. The number of nitrogens with zero attached hydrogens (tertiary/aromatic N) is 1. The number of benzene rings is 2. The summed E-state index contributed by atoms with van der Waals surface area (Å²) >= 11 is 0. The summed E-state index contributed by atoms with van der Waals surface area (Å²) in [5.41, 5.74) is 1.35. The van der Waals surface area contributed by atoms with E-state index < -0.39 is 18.5 Å². The number of rotatable bonds is 7. The van der Waals surface area contributed by atoms with Crippen molar-refractivity contribution in [2.75, 3.05) is 26.0 Å². The number of nitrogens with one attached hydrogen (secondary N) is 1. The molecule has 7 heteroatoms. The van der Waals surface area contributed by atoms with Crippen molar-refractivity contribution < 1.29 is 23.9 Å². The molecule has 7 nitrogen and oxygen atoms in total. The first kappa shape index (κ1) is 21.0. The van der Waals surface area contributed by atoms with E-state index in [9.17, 15) is 14.4 Å². The van der Waals surface area contributed by atoms with Crippen LogP contribution >= 0.6 is 0 Å². The summed E-state index contributed by atoms with van der Waals surface area (Å²) in [6.07, 6.45) is 0.0385. The first-order valence-corrected chi connectivity index (χ1v) is 8.81. The quantitative estimate of drug-likeness (QED) is 0.742. The third kappa shape index (κ3) is 6.12. The lowest BCUT2D eigenvalue weighted by Gasteiger charge is -2.11. The van der Waals surface area contributed by atoms with Crippen LogP contribution in [0.2, 0.25) is 0 Å². The second kappa shape index (κ2) is 9.55. The minimum Gasteiger partial charge on any atom is -0.491 e. The number of anilines is 1. The van der Waals surface area contributed by atoms with E-state index in [0.29, 0.717) is 22.6 Å². The molecule has 148 valence electrons. The van der Waals surface area contributed by atoms with Gasteiger partial charge in [-0.05, 0) is 62.4 Å². The molecule has 0 spiro atoms. The Morgan fingerprint density at radius 3 is 2.04 bits per heavy atom. The maximum atomic E-state index is 12.0. The predicted molar refractivity (Wildman–Crippen MR) is 106 cm³/mol. The van der Waals surface area contributed by atoms with Gasteiger partial charge in [-0.2, -0.15) is 0 Å². The minimum absolute atomic E-state index is 0.0385. The summed E-state index contributed by atoms with van der Waals surface area (Å²) in [6, 6.07) is 13.0. The van der Waals surface area contributed by atoms with Gasteiger partial charge in [-0.1, -0.05) is 0 Å². The Morgan fingerprint density at radius 1 is 0.929 bits per heavy atom. The fraction of sp³-hybridized carbons (Fsp3) is 0.286. The molecule has 0 aliphatic heterocycles. The van der Waals surface area contributed by atoms with E-state index in [1.165, 1.54) is 4.90 Å². The molecule has 0 unspecified atom stereocenters. The number of carbonyl (C=O) groups is 3.